The summed E-state index contributed by atoms with van der Waals surface area (Å²) < 4.78 is 32.7. The summed E-state index contributed by atoms with van der Waals surface area (Å²) in [5.41, 5.74) is 1.59. The fourth-order valence-corrected chi connectivity index (χ4v) is 6.39. The Morgan fingerprint density at radius 2 is 1.73 bits per heavy atom. The number of phosphoric acid groups is 1. The minimum atomic E-state index is -4.02. The highest BCUT2D eigenvalue weighted by molar-refractivity contribution is 7.48. The Morgan fingerprint density at radius 3 is 2.34 bits per heavy atom. The van der Waals surface area contributed by atoms with Crippen LogP contribution < -0.4 is 4.90 Å². The fourth-order valence-electron chi connectivity index (χ4n) is 4.55. The lowest BCUT2D eigenvalue weighted by Crippen LogP contribution is -2.42. The highest BCUT2D eigenvalue weighted by Gasteiger charge is 2.38. The molecule has 222 valence electrons. The molecule has 1 atom stereocenters. The Balaban J connectivity index is 1.65. The van der Waals surface area contributed by atoms with E-state index in [0.29, 0.717) is 29.6 Å². The first kappa shape index (κ1) is 31.3. The van der Waals surface area contributed by atoms with Gasteiger partial charge in [0.2, 0.25) is 5.91 Å². The van der Waals surface area contributed by atoms with Gasteiger partial charge in [-0.3, -0.25) is 23.3 Å². The number of aryl methyl sites for hydroxylation is 1. The van der Waals surface area contributed by atoms with Crippen molar-refractivity contribution in [2.24, 2.45) is 5.92 Å². The van der Waals surface area contributed by atoms with E-state index in [2.05, 4.69) is 15.2 Å². The lowest BCUT2D eigenvalue weighted by molar-refractivity contribution is -0.123. The van der Waals surface area contributed by atoms with Gasteiger partial charge in [-0.1, -0.05) is 17.7 Å². The van der Waals surface area contributed by atoms with Crippen LogP contribution in [0.3, 0.4) is 0 Å². The van der Waals surface area contributed by atoms with Crippen LogP contribution in [-0.2, 0) is 36.1 Å². The number of hydrogen-bond donors (Lipinski definition) is 0. The van der Waals surface area contributed by atoms with Gasteiger partial charge in [-0.25, -0.2) is 14.2 Å². The van der Waals surface area contributed by atoms with Crippen LogP contribution in [0.25, 0.3) is 11.3 Å². The molecule has 0 unspecified atom stereocenters. The molecule has 3 aromatic rings. The molecule has 1 saturated heterocycles. The van der Waals surface area contributed by atoms with Crippen LogP contribution in [0, 0.1) is 12.8 Å². The largest absolute Gasteiger partial charge is 0.477 e. The lowest BCUT2D eigenvalue weighted by atomic mass is 9.91. The van der Waals surface area contributed by atoms with Gasteiger partial charge in [-0.2, -0.15) is 15.3 Å². The average molecular weight is 605 g/mol. The van der Waals surface area contributed by atoms with Gasteiger partial charge in [-0.15, -0.1) is 0 Å². The fraction of sp³-hybridized carbons (Fsp3) is 0.536. The van der Waals surface area contributed by atoms with Crippen LogP contribution in [0.5, 0.6) is 0 Å². The highest BCUT2D eigenvalue weighted by Crippen LogP contribution is 2.55. The standard InChI is InChI=1S/C28H38ClN6O5P/c1-19-15-31-32-17-22(19)23-14-25(33-35(23)18-38-41(37,39-27(2,3)4)40-28(5,6)7)34-12-8-9-21(26(34)36)13-20-10-11-24(29)30-16-20/h10-11,14-17,21H,8-9,12-13,18H2,1-7H3/t21-/m0/s1. The maximum absolute atomic E-state index is 13.7. The number of amides is 1. The van der Waals surface area contributed by atoms with E-state index < -0.39 is 19.0 Å². The summed E-state index contributed by atoms with van der Waals surface area (Å²) >= 11 is 5.93. The number of aromatic nitrogens is 5. The van der Waals surface area contributed by atoms with Gasteiger partial charge in [0.05, 0.1) is 29.3 Å². The first-order valence-electron chi connectivity index (χ1n) is 13.6. The summed E-state index contributed by atoms with van der Waals surface area (Å²) in [4.78, 5) is 19.5. The molecule has 13 heteroatoms. The van der Waals surface area contributed by atoms with Gasteiger partial charge in [0, 0.05) is 30.3 Å². The minimum absolute atomic E-state index is 0.0225. The molecule has 4 rings (SSSR count). The number of carbonyl (C=O) groups is 1. The zero-order valence-electron chi connectivity index (χ0n) is 24.6. The third-order valence-electron chi connectivity index (χ3n) is 6.18. The molecule has 3 aromatic heterocycles. The molecule has 0 radical (unpaired) electrons. The zero-order chi connectivity index (χ0) is 30.0. The normalized spacial score (nSPS) is 16.8. The maximum Gasteiger partial charge on any atom is 0.477 e. The van der Waals surface area contributed by atoms with Crippen LogP contribution in [0.4, 0.5) is 5.82 Å². The molecule has 0 aromatic carbocycles. The monoisotopic (exact) mass is 604 g/mol. The Morgan fingerprint density at radius 1 is 1.05 bits per heavy atom. The Kier molecular flexibility index (Phi) is 9.35. The Labute approximate surface area is 246 Å². The van der Waals surface area contributed by atoms with Crippen LogP contribution in [0.15, 0.2) is 36.8 Å². The number of rotatable bonds is 9. The third-order valence-corrected chi connectivity index (χ3v) is 8.38. The summed E-state index contributed by atoms with van der Waals surface area (Å²) in [7, 11) is -4.02. The van der Waals surface area contributed by atoms with Crippen LogP contribution >= 0.6 is 19.4 Å². The van der Waals surface area contributed by atoms with Gasteiger partial charge >= 0.3 is 7.82 Å². The zero-order valence-corrected chi connectivity index (χ0v) is 26.3. The van der Waals surface area contributed by atoms with E-state index in [4.69, 9.17) is 30.3 Å². The van der Waals surface area contributed by atoms with E-state index in [9.17, 15) is 9.36 Å². The molecule has 11 nitrogen and oxygen atoms in total. The number of anilines is 1. The number of carbonyl (C=O) groups excluding carboxylic acids is 1. The van der Waals surface area contributed by atoms with Gasteiger partial charge < -0.3 is 0 Å². The highest BCUT2D eigenvalue weighted by atomic mass is 35.5. The SMILES string of the molecule is Cc1cnncc1-c1cc(N2CCC[C@@H](Cc3ccc(Cl)nc3)C2=O)nn1COP(=O)(OC(C)(C)C)OC(C)(C)C. The lowest BCUT2D eigenvalue weighted by Gasteiger charge is -2.31. The number of pyridine rings is 1. The third kappa shape index (κ3) is 8.42. The van der Waals surface area contributed by atoms with Crippen molar-refractivity contribution < 1.29 is 22.9 Å². The van der Waals surface area contributed by atoms with Crippen molar-refractivity contribution in [1.29, 1.82) is 0 Å². The molecule has 4 heterocycles. The number of phosphoric ester groups is 1. The first-order chi connectivity index (χ1) is 19.1. The number of piperidine rings is 1. The van der Waals surface area contributed by atoms with Crippen molar-refractivity contribution in [2.75, 3.05) is 11.4 Å². The first-order valence-corrected chi connectivity index (χ1v) is 15.4. The summed E-state index contributed by atoms with van der Waals surface area (Å²) in [5.74, 6) is 0.222. The Hall–Kier alpha value is -2.69. The molecule has 0 saturated carbocycles. The maximum atomic E-state index is 13.7. The second kappa shape index (κ2) is 12.3. The van der Waals surface area contributed by atoms with Crippen molar-refractivity contribution in [3.8, 4) is 11.3 Å². The molecule has 1 aliphatic heterocycles. The molecule has 0 aliphatic carbocycles. The topological polar surface area (TPSA) is 122 Å². The summed E-state index contributed by atoms with van der Waals surface area (Å²) in [5, 5.41) is 13.1. The van der Waals surface area contributed by atoms with Gasteiger partial charge in [0.25, 0.3) is 0 Å². The van der Waals surface area contributed by atoms with E-state index in [-0.39, 0.29) is 18.6 Å². The number of hydrogen-bond acceptors (Lipinski definition) is 9. The smallest absolute Gasteiger partial charge is 0.295 e. The molecule has 0 spiro atoms. The Bertz CT molecular complexity index is 1400. The van der Waals surface area contributed by atoms with Crippen molar-refractivity contribution in [3.63, 3.8) is 0 Å². The van der Waals surface area contributed by atoms with Crippen molar-refractivity contribution >= 4 is 31.1 Å². The van der Waals surface area contributed by atoms with E-state index in [1.165, 1.54) is 0 Å². The van der Waals surface area contributed by atoms with Crippen molar-refractivity contribution in [2.45, 2.75) is 85.7 Å². The molecule has 41 heavy (non-hydrogen) atoms. The van der Waals surface area contributed by atoms with Crippen LogP contribution in [-0.4, -0.2) is 48.6 Å². The van der Waals surface area contributed by atoms with E-state index in [1.807, 2.05) is 19.1 Å². The summed E-state index contributed by atoms with van der Waals surface area (Å²) in [6, 6.07) is 5.44. The second-order valence-electron chi connectivity index (χ2n) is 12.1. The minimum Gasteiger partial charge on any atom is -0.295 e. The van der Waals surface area contributed by atoms with Gasteiger partial charge in [0.15, 0.2) is 12.5 Å². The molecule has 0 bridgehead atoms. The molecular weight excluding hydrogens is 567 g/mol. The second-order valence-corrected chi connectivity index (χ2v) is 14.0. The number of halogens is 1. The quantitative estimate of drug-likeness (QED) is 0.202. The summed E-state index contributed by atoms with van der Waals surface area (Å²) in [6.07, 6.45) is 7.11. The predicted molar refractivity (Wildman–Crippen MR) is 156 cm³/mol. The van der Waals surface area contributed by atoms with Crippen molar-refractivity contribution in [1.82, 2.24) is 25.0 Å². The van der Waals surface area contributed by atoms with E-state index in [0.717, 1.165) is 29.5 Å². The molecule has 0 N–H and O–H groups in total. The van der Waals surface area contributed by atoms with Crippen molar-refractivity contribution in [3.05, 3.63) is 53.1 Å². The molecule has 1 fully saturated rings. The number of nitrogens with zero attached hydrogens (tertiary/aromatic N) is 6. The molecular formula is C28H38ClN6O5P. The summed E-state index contributed by atoms with van der Waals surface area (Å²) in [6.45, 7) is 12.8. The molecule has 1 amide bonds. The van der Waals surface area contributed by atoms with Crippen LogP contribution in [0.2, 0.25) is 5.15 Å². The van der Waals surface area contributed by atoms with E-state index >= 15 is 0 Å². The van der Waals surface area contributed by atoms with Gasteiger partial charge in [0.1, 0.15) is 5.15 Å². The average Bonchev–Trinajstić information content (AvgIpc) is 3.27. The predicted octanol–water partition coefficient (Wildman–Crippen LogP) is 6.40. The van der Waals surface area contributed by atoms with Crippen LogP contribution in [0.1, 0.15) is 65.5 Å². The molecule has 1 aliphatic rings. The van der Waals surface area contributed by atoms with E-state index in [1.54, 1.807) is 75.8 Å². The van der Waals surface area contributed by atoms with Gasteiger partial charge in [-0.05, 0) is 84.9 Å².